The molecule has 0 fully saturated rings. The number of hydrogen-bond acceptors (Lipinski definition) is 4. The second-order valence-corrected chi connectivity index (χ2v) is 4.17. The Morgan fingerprint density at radius 2 is 2.32 bits per heavy atom. The zero-order valence-corrected chi connectivity index (χ0v) is 10.5. The first-order valence-electron chi connectivity index (χ1n) is 5.66. The molecular weight excluding hydrogens is 248 g/mol. The number of nitrogens with zero attached hydrogens (tertiary/aromatic N) is 4. The maximum absolute atomic E-state index is 12.0. The van der Waals surface area contributed by atoms with Gasteiger partial charge in [0.2, 0.25) is 0 Å². The van der Waals surface area contributed by atoms with Crippen molar-refractivity contribution < 1.29 is 14.3 Å². The molecule has 1 aromatic rings. The number of benzene rings is 1. The summed E-state index contributed by atoms with van der Waals surface area (Å²) in [5, 5.41) is 3.37. The fourth-order valence-corrected chi connectivity index (χ4v) is 1.80. The van der Waals surface area contributed by atoms with Gasteiger partial charge in [-0.1, -0.05) is 5.11 Å². The van der Waals surface area contributed by atoms with Crippen molar-refractivity contribution in [2.24, 2.45) is 5.11 Å². The van der Waals surface area contributed by atoms with Gasteiger partial charge in [-0.2, -0.15) is 0 Å². The second kappa shape index (κ2) is 4.99. The third-order valence-corrected chi connectivity index (χ3v) is 2.93. The molecule has 7 heteroatoms. The minimum absolute atomic E-state index is 0.00801. The molecule has 1 aliphatic rings. The normalized spacial score (nSPS) is 15.1. The Hall–Kier alpha value is -2.53. The third-order valence-electron chi connectivity index (χ3n) is 2.93. The van der Waals surface area contributed by atoms with Gasteiger partial charge in [-0.05, 0) is 30.7 Å². The lowest BCUT2D eigenvalue weighted by Gasteiger charge is -2.26. The van der Waals surface area contributed by atoms with Crippen LogP contribution in [0.1, 0.15) is 17.3 Å². The molecule has 0 radical (unpaired) electrons. The Balaban J connectivity index is 2.38. The van der Waals surface area contributed by atoms with Crippen LogP contribution in [-0.2, 0) is 4.79 Å². The van der Waals surface area contributed by atoms with Crippen LogP contribution in [0.5, 0.6) is 5.75 Å². The van der Waals surface area contributed by atoms with Crippen molar-refractivity contribution in [1.29, 1.82) is 0 Å². The van der Waals surface area contributed by atoms with E-state index in [-0.39, 0.29) is 18.3 Å². The highest BCUT2D eigenvalue weighted by molar-refractivity contribution is 6.03. The molecule has 0 N–H and O–H groups in total. The van der Waals surface area contributed by atoms with E-state index in [4.69, 9.17) is 10.3 Å². The summed E-state index contributed by atoms with van der Waals surface area (Å²) in [6, 6.07) is 4.01. The molecule has 0 bridgehead atoms. The number of likely N-dealkylation sites (N-methyl/N-ethyl adjacent to an activating group) is 1. The molecule has 0 aliphatic carbocycles. The Morgan fingerprint density at radius 3 is 3.00 bits per heavy atom. The average Bonchev–Trinajstić information content (AvgIpc) is 2.42. The molecular formula is C12H12N4O3. The number of azide groups is 1. The second-order valence-electron chi connectivity index (χ2n) is 4.17. The molecule has 1 aromatic carbocycles. The van der Waals surface area contributed by atoms with Gasteiger partial charge in [0, 0.05) is 17.5 Å². The van der Waals surface area contributed by atoms with Gasteiger partial charge < -0.3 is 9.64 Å². The van der Waals surface area contributed by atoms with E-state index < -0.39 is 6.04 Å². The Labute approximate surface area is 109 Å². The number of fused-ring (bicyclic) bond motifs is 1. The lowest BCUT2D eigenvalue weighted by Crippen LogP contribution is -2.35. The SMILES string of the molecule is CC(N=[N+]=[N-])C(=O)c1ccc2c(c1)N(C)C(=O)CO2. The number of carbonyl (C=O) groups is 2. The van der Waals surface area contributed by atoms with Crippen molar-refractivity contribution >= 4 is 17.4 Å². The molecule has 0 saturated heterocycles. The summed E-state index contributed by atoms with van der Waals surface area (Å²) in [5.41, 5.74) is 9.25. The minimum atomic E-state index is -0.784. The van der Waals surface area contributed by atoms with Gasteiger partial charge in [0.1, 0.15) is 5.75 Å². The van der Waals surface area contributed by atoms with Crippen LogP contribution in [0.4, 0.5) is 5.69 Å². The standard InChI is InChI=1S/C12H12N4O3/c1-7(14-15-13)12(18)8-3-4-10-9(5-8)16(2)11(17)6-19-10/h3-5,7H,6H2,1-2H3. The van der Waals surface area contributed by atoms with E-state index >= 15 is 0 Å². The largest absolute Gasteiger partial charge is 0.482 e. The molecule has 0 saturated carbocycles. The first kappa shape index (κ1) is 12.9. The number of ether oxygens (including phenoxy) is 1. The summed E-state index contributed by atoms with van der Waals surface area (Å²) >= 11 is 0. The number of hydrogen-bond donors (Lipinski definition) is 0. The number of amides is 1. The summed E-state index contributed by atoms with van der Waals surface area (Å²) in [6.45, 7) is 1.51. The van der Waals surface area contributed by atoms with Gasteiger partial charge in [0.25, 0.3) is 5.91 Å². The van der Waals surface area contributed by atoms with E-state index in [0.29, 0.717) is 17.0 Å². The van der Waals surface area contributed by atoms with E-state index in [1.165, 1.54) is 11.8 Å². The van der Waals surface area contributed by atoms with Crippen LogP contribution in [0.25, 0.3) is 10.4 Å². The lowest BCUT2D eigenvalue weighted by atomic mass is 10.0. The van der Waals surface area contributed by atoms with Gasteiger partial charge in [0.15, 0.2) is 12.4 Å². The minimum Gasteiger partial charge on any atom is -0.482 e. The molecule has 2 rings (SSSR count). The predicted octanol–water partition coefficient (Wildman–Crippen LogP) is 1.92. The molecule has 1 heterocycles. The monoisotopic (exact) mass is 260 g/mol. The van der Waals surface area contributed by atoms with Gasteiger partial charge >= 0.3 is 0 Å². The molecule has 98 valence electrons. The lowest BCUT2D eigenvalue weighted by molar-refractivity contribution is -0.120. The molecule has 19 heavy (non-hydrogen) atoms. The summed E-state index contributed by atoms with van der Waals surface area (Å²) in [4.78, 5) is 27.6. The molecule has 1 atom stereocenters. The highest BCUT2D eigenvalue weighted by atomic mass is 16.5. The quantitative estimate of drug-likeness (QED) is 0.359. The van der Waals surface area contributed by atoms with E-state index in [1.54, 1.807) is 25.2 Å². The molecule has 7 nitrogen and oxygen atoms in total. The van der Waals surface area contributed by atoms with Crippen molar-refractivity contribution in [1.82, 2.24) is 0 Å². The molecule has 1 aliphatic heterocycles. The summed E-state index contributed by atoms with van der Waals surface area (Å²) in [7, 11) is 1.62. The molecule has 1 unspecified atom stereocenters. The van der Waals surface area contributed by atoms with Gasteiger partial charge in [0.05, 0.1) is 11.7 Å². The Morgan fingerprint density at radius 1 is 1.58 bits per heavy atom. The topological polar surface area (TPSA) is 95.4 Å². The van der Waals surface area contributed by atoms with Gasteiger partial charge in [-0.3, -0.25) is 9.59 Å². The summed E-state index contributed by atoms with van der Waals surface area (Å²) < 4.78 is 5.26. The smallest absolute Gasteiger partial charge is 0.264 e. The highest BCUT2D eigenvalue weighted by Crippen LogP contribution is 2.32. The van der Waals surface area contributed by atoms with E-state index in [1.807, 2.05) is 0 Å². The zero-order chi connectivity index (χ0) is 14.0. The summed E-state index contributed by atoms with van der Waals surface area (Å²) in [5.74, 6) is 0.0716. The highest BCUT2D eigenvalue weighted by Gasteiger charge is 2.24. The fourth-order valence-electron chi connectivity index (χ4n) is 1.80. The zero-order valence-electron chi connectivity index (χ0n) is 10.5. The van der Waals surface area contributed by atoms with Crippen LogP contribution in [0.3, 0.4) is 0 Å². The van der Waals surface area contributed by atoms with Gasteiger partial charge in [-0.15, -0.1) is 0 Å². The molecule has 0 aromatic heterocycles. The summed E-state index contributed by atoms with van der Waals surface area (Å²) in [6.07, 6.45) is 0. The third kappa shape index (κ3) is 2.36. The van der Waals surface area contributed by atoms with Crippen LogP contribution in [0.15, 0.2) is 23.3 Å². The van der Waals surface area contributed by atoms with Crippen molar-refractivity contribution in [2.45, 2.75) is 13.0 Å². The molecule has 1 amide bonds. The van der Waals surface area contributed by atoms with Crippen LogP contribution < -0.4 is 9.64 Å². The van der Waals surface area contributed by atoms with Crippen LogP contribution in [-0.4, -0.2) is 31.4 Å². The average molecular weight is 260 g/mol. The van der Waals surface area contributed by atoms with Crippen molar-refractivity contribution in [3.63, 3.8) is 0 Å². The van der Waals surface area contributed by atoms with Gasteiger partial charge in [-0.25, -0.2) is 0 Å². The van der Waals surface area contributed by atoms with Crippen molar-refractivity contribution in [3.8, 4) is 5.75 Å². The molecule has 0 spiro atoms. The van der Waals surface area contributed by atoms with Crippen LogP contribution in [0, 0.1) is 0 Å². The van der Waals surface area contributed by atoms with Crippen LogP contribution >= 0.6 is 0 Å². The Kier molecular flexibility index (Phi) is 3.39. The Bertz CT molecular complexity index is 593. The first-order chi connectivity index (χ1) is 9.04. The maximum Gasteiger partial charge on any atom is 0.264 e. The fraction of sp³-hybridized carbons (Fsp3) is 0.333. The number of ketones is 1. The number of rotatable bonds is 3. The predicted molar refractivity (Wildman–Crippen MR) is 68.3 cm³/mol. The number of Topliss-reactive ketones (excluding diaryl/α,β-unsaturated/α-hetero) is 1. The first-order valence-corrected chi connectivity index (χ1v) is 5.66. The maximum atomic E-state index is 12.0. The number of carbonyl (C=O) groups excluding carboxylic acids is 2. The van der Waals surface area contributed by atoms with E-state index in [2.05, 4.69) is 10.0 Å². The van der Waals surface area contributed by atoms with Crippen molar-refractivity contribution in [3.05, 3.63) is 34.2 Å². The van der Waals surface area contributed by atoms with Crippen LogP contribution in [0.2, 0.25) is 0 Å². The van der Waals surface area contributed by atoms with E-state index in [0.717, 1.165) is 0 Å². The van der Waals surface area contributed by atoms with Crippen molar-refractivity contribution in [2.75, 3.05) is 18.6 Å². The van der Waals surface area contributed by atoms with E-state index in [9.17, 15) is 9.59 Å². The number of anilines is 1.